The SMILES string of the molecule is Cc1cc(C(F)(F)C(F)(F)F)n2nc(C(=O)Nc3nn(Cc4ccc(Cl)cc4)cc3Cl)cc2n1. The number of nitrogens with one attached hydrogen (secondary N) is 1. The summed E-state index contributed by atoms with van der Waals surface area (Å²) in [5, 5.41) is 10.8. The number of amides is 1. The Morgan fingerprint density at radius 3 is 2.38 bits per heavy atom. The molecule has 0 aliphatic rings. The van der Waals surface area contributed by atoms with Gasteiger partial charge < -0.3 is 5.32 Å². The zero-order valence-corrected chi connectivity index (χ0v) is 18.6. The van der Waals surface area contributed by atoms with E-state index in [2.05, 4.69) is 20.5 Å². The second-order valence-corrected chi connectivity index (χ2v) is 8.10. The number of fused-ring (bicyclic) bond motifs is 1. The third kappa shape index (κ3) is 4.55. The van der Waals surface area contributed by atoms with Crippen molar-refractivity contribution in [1.82, 2.24) is 24.4 Å². The second-order valence-electron chi connectivity index (χ2n) is 7.26. The minimum atomic E-state index is -5.87. The third-order valence-electron chi connectivity index (χ3n) is 4.67. The molecule has 1 N–H and O–H groups in total. The number of carbonyl (C=O) groups excluding carboxylic acids is 1. The molecule has 0 atom stereocenters. The number of halogens is 7. The zero-order valence-electron chi connectivity index (χ0n) is 17.0. The molecule has 34 heavy (non-hydrogen) atoms. The minimum Gasteiger partial charge on any atom is -0.302 e. The van der Waals surface area contributed by atoms with Crippen LogP contribution in [0.3, 0.4) is 0 Å². The Hall–Kier alpha value is -3.25. The van der Waals surface area contributed by atoms with Gasteiger partial charge in [0.05, 0.1) is 6.54 Å². The van der Waals surface area contributed by atoms with Crippen LogP contribution in [0, 0.1) is 6.92 Å². The monoisotopic (exact) mass is 518 g/mol. The molecule has 0 radical (unpaired) electrons. The van der Waals surface area contributed by atoms with E-state index in [-0.39, 0.29) is 26.7 Å². The number of anilines is 1. The maximum atomic E-state index is 14.0. The number of aryl methyl sites for hydroxylation is 1. The van der Waals surface area contributed by atoms with Gasteiger partial charge in [-0.25, -0.2) is 9.50 Å². The molecule has 3 heterocycles. The topological polar surface area (TPSA) is 77.1 Å². The lowest BCUT2D eigenvalue weighted by molar-refractivity contribution is -0.291. The van der Waals surface area contributed by atoms with Crippen molar-refractivity contribution in [3.05, 3.63) is 75.3 Å². The van der Waals surface area contributed by atoms with Gasteiger partial charge in [-0.2, -0.15) is 32.1 Å². The largest absolute Gasteiger partial charge is 0.459 e. The van der Waals surface area contributed by atoms with Crippen LogP contribution in [0.25, 0.3) is 5.65 Å². The molecule has 4 aromatic rings. The summed E-state index contributed by atoms with van der Waals surface area (Å²) >= 11 is 12.0. The number of rotatable bonds is 5. The summed E-state index contributed by atoms with van der Waals surface area (Å²) in [7, 11) is 0. The van der Waals surface area contributed by atoms with Gasteiger partial charge in [0.25, 0.3) is 5.91 Å². The Labute approximate surface area is 198 Å². The first-order chi connectivity index (χ1) is 15.8. The van der Waals surface area contributed by atoms with Crippen LogP contribution in [0.5, 0.6) is 0 Å². The standard InChI is InChI=1S/C20H13Cl2F5N6O/c1-10-6-15(19(23,24)20(25,26)27)33-16(28-10)7-14(30-33)18(34)29-17-13(22)9-32(31-17)8-11-2-4-12(21)5-3-11/h2-7,9H,8H2,1H3,(H,29,31,34). The van der Waals surface area contributed by atoms with Crippen LogP contribution in [0.1, 0.15) is 27.4 Å². The summed E-state index contributed by atoms with van der Waals surface area (Å²) in [6, 6.07) is 8.48. The van der Waals surface area contributed by atoms with Gasteiger partial charge in [-0.3, -0.25) is 9.48 Å². The molecule has 0 aliphatic heterocycles. The van der Waals surface area contributed by atoms with Crippen molar-refractivity contribution in [1.29, 1.82) is 0 Å². The number of aromatic nitrogens is 5. The number of alkyl halides is 5. The van der Waals surface area contributed by atoms with Crippen molar-refractivity contribution in [2.24, 2.45) is 0 Å². The van der Waals surface area contributed by atoms with Gasteiger partial charge in [0.1, 0.15) is 10.7 Å². The number of hydrogen-bond acceptors (Lipinski definition) is 4. The molecule has 4 rings (SSSR count). The van der Waals surface area contributed by atoms with Gasteiger partial charge in [0, 0.05) is 23.0 Å². The number of carbonyl (C=O) groups is 1. The number of hydrogen-bond donors (Lipinski definition) is 1. The smallest absolute Gasteiger partial charge is 0.302 e. The average molecular weight is 519 g/mol. The highest BCUT2D eigenvalue weighted by Crippen LogP contribution is 2.43. The van der Waals surface area contributed by atoms with Crippen molar-refractivity contribution >= 4 is 40.6 Å². The van der Waals surface area contributed by atoms with Gasteiger partial charge in [0.15, 0.2) is 17.2 Å². The van der Waals surface area contributed by atoms with Gasteiger partial charge in [-0.05, 0) is 30.7 Å². The molecule has 0 unspecified atom stereocenters. The molecular formula is C20H13Cl2F5N6O. The fourth-order valence-corrected chi connectivity index (χ4v) is 3.41. The van der Waals surface area contributed by atoms with Crippen LogP contribution in [0.4, 0.5) is 27.8 Å². The normalized spacial score (nSPS) is 12.4. The lowest BCUT2D eigenvalue weighted by Gasteiger charge is -2.20. The van der Waals surface area contributed by atoms with Gasteiger partial charge in [-0.15, -0.1) is 0 Å². The van der Waals surface area contributed by atoms with Crippen LogP contribution >= 0.6 is 23.2 Å². The summed E-state index contributed by atoms with van der Waals surface area (Å²) in [4.78, 5) is 16.5. The van der Waals surface area contributed by atoms with E-state index in [9.17, 15) is 26.7 Å². The average Bonchev–Trinajstić information content (AvgIpc) is 3.31. The molecule has 0 aliphatic carbocycles. The Morgan fingerprint density at radius 2 is 1.74 bits per heavy atom. The predicted octanol–water partition coefficient (Wildman–Crippen LogP) is 5.50. The quantitative estimate of drug-likeness (QED) is 0.354. The maximum Gasteiger partial charge on any atom is 0.459 e. The van der Waals surface area contributed by atoms with E-state index < -0.39 is 29.4 Å². The van der Waals surface area contributed by atoms with Crippen LogP contribution in [-0.4, -0.2) is 36.5 Å². The van der Waals surface area contributed by atoms with Crippen LogP contribution in [0.2, 0.25) is 10.0 Å². The fourth-order valence-electron chi connectivity index (χ4n) is 3.09. The summed E-state index contributed by atoms with van der Waals surface area (Å²) < 4.78 is 68.6. The van der Waals surface area contributed by atoms with Crippen molar-refractivity contribution in [3.8, 4) is 0 Å². The highest BCUT2D eigenvalue weighted by atomic mass is 35.5. The lowest BCUT2D eigenvalue weighted by Crippen LogP contribution is -2.36. The summed E-state index contributed by atoms with van der Waals surface area (Å²) in [6.07, 6.45) is -4.42. The molecule has 0 bridgehead atoms. The fraction of sp³-hybridized carbons (Fsp3) is 0.200. The molecular weight excluding hydrogens is 506 g/mol. The van der Waals surface area contributed by atoms with E-state index in [4.69, 9.17) is 23.2 Å². The third-order valence-corrected chi connectivity index (χ3v) is 5.20. The Kier molecular flexibility index (Phi) is 5.98. The molecule has 3 aromatic heterocycles. The number of nitrogens with zero attached hydrogens (tertiary/aromatic N) is 5. The zero-order chi connectivity index (χ0) is 24.8. The molecule has 7 nitrogen and oxygen atoms in total. The molecule has 1 amide bonds. The highest BCUT2D eigenvalue weighted by Gasteiger charge is 2.60. The Balaban J connectivity index is 1.61. The van der Waals surface area contributed by atoms with Gasteiger partial charge in [-0.1, -0.05) is 35.3 Å². The van der Waals surface area contributed by atoms with E-state index in [0.717, 1.165) is 11.6 Å². The first kappa shape index (κ1) is 23.9. The number of benzene rings is 1. The minimum absolute atomic E-state index is 0.0531. The van der Waals surface area contributed by atoms with Crippen LogP contribution in [-0.2, 0) is 12.5 Å². The molecule has 0 saturated carbocycles. The second kappa shape index (κ2) is 8.51. The van der Waals surface area contributed by atoms with Crippen molar-refractivity contribution in [2.75, 3.05) is 5.32 Å². The molecule has 1 aromatic carbocycles. The van der Waals surface area contributed by atoms with Gasteiger partial charge in [0.2, 0.25) is 0 Å². The molecule has 0 spiro atoms. The highest BCUT2D eigenvalue weighted by molar-refractivity contribution is 6.33. The van der Waals surface area contributed by atoms with E-state index >= 15 is 0 Å². The first-order valence-corrected chi connectivity index (χ1v) is 10.2. The van der Waals surface area contributed by atoms with E-state index in [1.807, 2.05) is 0 Å². The van der Waals surface area contributed by atoms with Crippen molar-refractivity contribution < 1.29 is 26.7 Å². The van der Waals surface area contributed by atoms with E-state index in [0.29, 0.717) is 17.6 Å². The summed E-state index contributed by atoms with van der Waals surface area (Å²) in [5.74, 6) is -6.20. The predicted molar refractivity (Wildman–Crippen MR) is 113 cm³/mol. The lowest BCUT2D eigenvalue weighted by atomic mass is 10.2. The summed E-state index contributed by atoms with van der Waals surface area (Å²) in [5.41, 5.74) is -1.54. The van der Waals surface area contributed by atoms with E-state index in [1.54, 1.807) is 24.3 Å². The molecule has 178 valence electrons. The van der Waals surface area contributed by atoms with E-state index in [1.165, 1.54) is 17.8 Å². The van der Waals surface area contributed by atoms with Gasteiger partial charge >= 0.3 is 12.1 Å². The maximum absolute atomic E-state index is 14.0. The summed E-state index contributed by atoms with van der Waals surface area (Å²) in [6.45, 7) is 1.55. The van der Waals surface area contributed by atoms with Crippen LogP contribution < -0.4 is 5.32 Å². The molecule has 0 saturated heterocycles. The van der Waals surface area contributed by atoms with Crippen molar-refractivity contribution in [2.45, 2.75) is 25.6 Å². The Morgan fingerprint density at radius 1 is 1.06 bits per heavy atom. The molecule has 0 fully saturated rings. The van der Waals surface area contributed by atoms with Crippen molar-refractivity contribution in [3.63, 3.8) is 0 Å². The van der Waals surface area contributed by atoms with Crippen LogP contribution in [0.15, 0.2) is 42.6 Å². The molecule has 14 heteroatoms. The first-order valence-electron chi connectivity index (χ1n) is 9.46. The Bertz CT molecular complexity index is 1380.